The number of hydrogen-bond donors (Lipinski definition) is 3. The Labute approximate surface area is 125 Å². The number of nitrogens with zero attached hydrogens (tertiary/aromatic N) is 3. The molecule has 0 saturated heterocycles. The number of non-ortho nitro benzene ring substituents is 1. The molecule has 0 aliphatic heterocycles. The molecule has 1 aromatic carbocycles. The first-order chi connectivity index (χ1) is 10.5. The Bertz CT molecular complexity index is 731. The first-order valence-corrected chi connectivity index (χ1v) is 6.34. The fourth-order valence-electron chi connectivity index (χ4n) is 1.78. The van der Waals surface area contributed by atoms with Crippen LogP contribution >= 0.6 is 0 Å². The maximum absolute atomic E-state index is 10.7. The number of anilines is 1. The Balaban J connectivity index is 2.21. The van der Waals surface area contributed by atoms with Crippen molar-refractivity contribution < 1.29 is 15.1 Å². The number of aryl methyl sites for hydroxylation is 1. The fraction of sp³-hybridized carbons (Fsp3) is 0.143. The average molecular weight is 302 g/mol. The molecular weight excluding hydrogens is 288 g/mol. The minimum absolute atomic E-state index is 0.0566. The molecule has 0 aliphatic rings. The van der Waals surface area contributed by atoms with Gasteiger partial charge in [-0.25, -0.2) is 0 Å². The molecule has 0 unspecified atom stereocenters. The molecule has 0 atom stereocenters. The highest BCUT2D eigenvalue weighted by molar-refractivity contribution is 5.86. The standard InChI is InChI=1S/C14H14N4O4/c1-9-14(20)13(10(8-19)6-15-9)7-16-17-11-3-2-4-12(5-11)18(21)22/h2-7,17,19-20H,8H2,1H3. The fourth-order valence-corrected chi connectivity index (χ4v) is 1.78. The van der Waals surface area contributed by atoms with E-state index < -0.39 is 4.92 Å². The van der Waals surface area contributed by atoms with Crippen molar-refractivity contribution in [2.45, 2.75) is 13.5 Å². The van der Waals surface area contributed by atoms with Gasteiger partial charge in [-0.05, 0) is 13.0 Å². The summed E-state index contributed by atoms with van der Waals surface area (Å²) in [6.07, 6.45) is 2.78. The minimum atomic E-state index is -0.503. The summed E-state index contributed by atoms with van der Waals surface area (Å²) in [5.41, 5.74) is 4.19. The smallest absolute Gasteiger partial charge is 0.271 e. The van der Waals surface area contributed by atoms with E-state index >= 15 is 0 Å². The number of nitro groups is 1. The molecule has 1 heterocycles. The van der Waals surface area contributed by atoms with E-state index in [2.05, 4.69) is 15.5 Å². The Morgan fingerprint density at radius 1 is 1.50 bits per heavy atom. The zero-order chi connectivity index (χ0) is 16.1. The van der Waals surface area contributed by atoms with Gasteiger partial charge in [-0.1, -0.05) is 6.07 Å². The number of aromatic nitrogens is 1. The van der Waals surface area contributed by atoms with Crippen LogP contribution in [0.15, 0.2) is 35.6 Å². The molecule has 0 amide bonds. The highest BCUT2D eigenvalue weighted by atomic mass is 16.6. The summed E-state index contributed by atoms with van der Waals surface area (Å²) in [5.74, 6) is -0.0730. The van der Waals surface area contributed by atoms with Gasteiger partial charge in [0.05, 0.1) is 29.1 Å². The van der Waals surface area contributed by atoms with Crippen molar-refractivity contribution in [2.24, 2.45) is 5.10 Å². The average Bonchev–Trinajstić information content (AvgIpc) is 2.52. The first-order valence-electron chi connectivity index (χ1n) is 6.34. The summed E-state index contributed by atoms with van der Waals surface area (Å²) in [5, 5.41) is 33.8. The summed E-state index contributed by atoms with van der Waals surface area (Å²) < 4.78 is 0. The zero-order valence-electron chi connectivity index (χ0n) is 11.7. The van der Waals surface area contributed by atoms with E-state index in [1.54, 1.807) is 13.0 Å². The van der Waals surface area contributed by atoms with Gasteiger partial charge in [-0.2, -0.15) is 5.10 Å². The number of nitro benzene ring substituents is 1. The third kappa shape index (κ3) is 3.36. The Hall–Kier alpha value is -3.00. The van der Waals surface area contributed by atoms with Gasteiger partial charge >= 0.3 is 0 Å². The number of pyridine rings is 1. The normalized spacial score (nSPS) is 10.8. The third-order valence-electron chi connectivity index (χ3n) is 2.97. The molecule has 0 aliphatic carbocycles. The molecule has 3 N–H and O–H groups in total. The molecule has 114 valence electrons. The highest BCUT2D eigenvalue weighted by Crippen LogP contribution is 2.22. The van der Waals surface area contributed by atoms with Gasteiger partial charge in [0.1, 0.15) is 5.75 Å². The van der Waals surface area contributed by atoms with Gasteiger partial charge < -0.3 is 10.2 Å². The molecule has 22 heavy (non-hydrogen) atoms. The zero-order valence-corrected chi connectivity index (χ0v) is 11.7. The predicted octanol–water partition coefficient (Wildman–Crippen LogP) is 1.94. The number of benzene rings is 1. The van der Waals surface area contributed by atoms with Crippen LogP contribution in [-0.2, 0) is 6.61 Å². The number of hydrazone groups is 1. The van der Waals surface area contributed by atoms with Gasteiger partial charge in [-0.15, -0.1) is 0 Å². The molecule has 8 heteroatoms. The van der Waals surface area contributed by atoms with Gasteiger partial charge in [-0.3, -0.25) is 20.5 Å². The van der Waals surface area contributed by atoms with Crippen LogP contribution in [0.25, 0.3) is 0 Å². The van der Waals surface area contributed by atoms with Crippen LogP contribution in [0, 0.1) is 17.0 Å². The first kappa shape index (κ1) is 15.4. The lowest BCUT2D eigenvalue weighted by molar-refractivity contribution is -0.384. The van der Waals surface area contributed by atoms with E-state index in [1.807, 2.05) is 0 Å². The SMILES string of the molecule is Cc1ncc(CO)c(C=NNc2cccc([N+](=O)[O-])c2)c1O. The topological polar surface area (TPSA) is 121 Å². The molecule has 0 fully saturated rings. The van der Waals surface area contributed by atoms with Gasteiger partial charge in [0.15, 0.2) is 0 Å². The number of aliphatic hydroxyl groups is 1. The van der Waals surface area contributed by atoms with Crippen molar-refractivity contribution in [3.8, 4) is 5.75 Å². The second-order valence-corrected chi connectivity index (χ2v) is 4.47. The number of hydrogen-bond acceptors (Lipinski definition) is 7. The second kappa shape index (κ2) is 6.64. The summed E-state index contributed by atoms with van der Waals surface area (Å²) in [6, 6.07) is 5.86. The second-order valence-electron chi connectivity index (χ2n) is 4.47. The van der Waals surface area contributed by atoms with Gasteiger partial charge in [0, 0.05) is 29.5 Å². The summed E-state index contributed by atoms with van der Waals surface area (Å²) in [4.78, 5) is 14.1. The van der Waals surface area contributed by atoms with E-state index in [9.17, 15) is 20.3 Å². The lowest BCUT2D eigenvalue weighted by Crippen LogP contribution is -1.99. The van der Waals surface area contributed by atoms with E-state index in [0.717, 1.165) is 0 Å². The molecule has 2 rings (SSSR count). The summed E-state index contributed by atoms with van der Waals surface area (Å²) in [7, 11) is 0. The minimum Gasteiger partial charge on any atom is -0.505 e. The molecule has 0 spiro atoms. The molecule has 1 aromatic heterocycles. The van der Waals surface area contributed by atoms with Crippen LogP contribution in [-0.4, -0.2) is 26.3 Å². The summed E-state index contributed by atoms with van der Waals surface area (Å²) in [6.45, 7) is 1.33. The van der Waals surface area contributed by atoms with Crippen molar-refractivity contribution in [1.82, 2.24) is 4.98 Å². The lowest BCUT2D eigenvalue weighted by Gasteiger charge is -2.07. The van der Waals surface area contributed by atoms with Crippen molar-refractivity contribution >= 4 is 17.6 Å². The van der Waals surface area contributed by atoms with Crippen LogP contribution in [0.5, 0.6) is 5.75 Å². The van der Waals surface area contributed by atoms with Crippen molar-refractivity contribution in [3.63, 3.8) is 0 Å². The van der Waals surface area contributed by atoms with Crippen LogP contribution < -0.4 is 5.43 Å². The van der Waals surface area contributed by atoms with Crippen molar-refractivity contribution in [2.75, 3.05) is 5.43 Å². The van der Waals surface area contributed by atoms with E-state index in [1.165, 1.54) is 30.6 Å². The Morgan fingerprint density at radius 3 is 2.95 bits per heavy atom. The maximum atomic E-state index is 10.7. The van der Waals surface area contributed by atoms with Crippen LogP contribution in [0.3, 0.4) is 0 Å². The van der Waals surface area contributed by atoms with E-state index in [-0.39, 0.29) is 18.0 Å². The van der Waals surface area contributed by atoms with Crippen molar-refractivity contribution in [1.29, 1.82) is 0 Å². The highest BCUT2D eigenvalue weighted by Gasteiger charge is 2.09. The third-order valence-corrected chi connectivity index (χ3v) is 2.97. The Kier molecular flexibility index (Phi) is 4.64. The lowest BCUT2D eigenvalue weighted by atomic mass is 10.1. The number of nitrogens with one attached hydrogen (secondary N) is 1. The van der Waals surface area contributed by atoms with Crippen molar-refractivity contribution in [3.05, 3.63) is 57.4 Å². The quantitative estimate of drug-likeness (QED) is 0.441. The molecular formula is C14H14N4O4. The Morgan fingerprint density at radius 2 is 2.27 bits per heavy atom. The largest absolute Gasteiger partial charge is 0.505 e. The number of aliphatic hydroxyl groups excluding tert-OH is 1. The summed E-state index contributed by atoms with van der Waals surface area (Å²) >= 11 is 0. The molecule has 2 aromatic rings. The molecule has 0 bridgehead atoms. The van der Waals surface area contributed by atoms with Crippen LogP contribution in [0.4, 0.5) is 11.4 Å². The van der Waals surface area contributed by atoms with Gasteiger partial charge in [0.25, 0.3) is 5.69 Å². The van der Waals surface area contributed by atoms with Crippen LogP contribution in [0.1, 0.15) is 16.8 Å². The predicted molar refractivity (Wildman–Crippen MR) is 80.9 cm³/mol. The molecule has 0 saturated carbocycles. The van der Waals surface area contributed by atoms with Gasteiger partial charge in [0.2, 0.25) is 0 Å². The number of aromatic hydroxyl groups is 1. The molecule has 8 nitrogen and oxygen atoms in total. The van der Waals surface area contributed by atoms with Crippen LogP contribution in [0.2, 0.25) is 0 Å². The maximum Gasteiger partial charge on any atom is 0.271 e. The van der Waals surface area contributed by atoms with E-state index in [0.29, 0.717) is 22.5 Å². The molecule has 0 radical (unpaired) electrons. The monoisotopic (exact) mass is 302 g/mol. The van der Waals surface area contributed by atoms with E-state index in [4.69, 9.17) is 0 Å². The number of rotatable bonds is 5.